The van der Waals surface area contributed by atoms with E-state index in [9.17, 15) is 0 Å². The second-order valence-electron chi connectivity index (χ2n) is 11.9. The molecule has 0 saturated carbocycles. The lowest BCUT2D eigenvalue weighted by molar-refractivity contribution is -0.124. The Kier molecular flexibility index (Phi) is 7.68. The third kappa shape index (κ3) is 5.71. The zero-order chi connectivity index (χ0) is 21.2. The maximum atomic E-state index is 4.00. The summed E-state index contributed by atoms with van der Waals surface area (Å²) in [6, 6.07) is 0. The molecule has 2 saturated heterocycles. The van der Waals surface area contributed by atoms with Crippen LogP contribution >= 0.6 is 0 Å². The first-order chi connectivity index (χ1) is 12.8. The second-order valence-corrected chi connectivity index (χ2v) is 11.9. The lowest BCUT2D eigenvalue weighted by Crippen LogP contribution is -2.72. The molecule has 0 unspecified atom stereocenters. The van der Waals surface area contributed by atoms with Crippen LogP contribution in [-0.2, 0) is 0 Å². The Labute approximate surface area is 176 Å². The fourth-order valence-corrected chi connectivity index (χ4v) is 5.76. The standard InChI is InChI=1S/C24H50N4/c1-10-11-12-15-20(25-27-21(2,3)16-13-17-22(27,4)5)26-28-23(6,7)18-14-19-24(28,8)9/h20,25-26H,10-19H2,1-9H3. The van der Waals surface area contributed by atoms with E-state index < -0.39 is 0 Å². The molecule has 4 heteroatoms. The number of nitrogens with one attached hydrogen (secondary N) is 2. The number of rotatable bonds is 8. The van der Waals surface area contributed by atoms with Crippen LogP contribution in [0.3, 0.4) is 0 Å². The Morgan fingerprint density at radius 2 is 1.00 bits per heavy atom. The molecule has 166 valence electrons. The summed E-state index contributed by atoms with van der Waals surface area (Å²) in [5.41, 5.74) is 8.72. The van der Waals surface area contributed by atoms with Gasteiger partial charge in [-0.1, -0.05) is 26.2 Å². The molecule has 0 spiro atoms. The van der Waals surface area contributed by atoms with Crippen LogP contribution in [0.4, 0.5) is 0 Å². The molecule has 0 aromatic heterocycles. The van der Waals surface area contributed by atoms with Crippen molar-refractivity contribution in [1.82, 2.24) is 20.9 Å². The lowest BCUT2D eigenvalue weighted by Gasteiger charge is -2.57. The highest BCUT2D eigenvalue weighted by Gasteiger charge is 2.45. The van der Waals surface area contributed by atoms with E-state index in [-0.39, 0.29) is 28.3 Å². The minimum absolute atomic E-state index is 0.180. The van der Waals surface area contributed by atoms with Crippen LogP contribution in [0, 0.1) is 0 Å². The predicted molar refractivity (Wildman–Crippen MR) is 122 cm³/mol. The zero-order valence-corrected chi connectivity index (χ0v) is 20.5. The first-order valence-corrected chi connectivity index (χ1v) is 11.9. The number of hydrogen-bond donors (Lipinski definition) is 2. The van der Waals surface area contributed by atoms with E-state index in [0.29, 0.717) is 0 Å². The van der Waals surface area contributed by atoms with Crippen molar-refractivity contribution in [2.24, 2.45) is 0 Å². The van der Waals surface area contributed by atoms with Gasteiger partial charge in [-0.25, -0.2) is 20.9 Å². The summed E-state index contributed by atoms with van der Waals surface area (Å²) in [6.07, 6.45) is 12.9. The van der Waals surface area contributed by atoms with Gasteiger partial charge in [-0.2, -0.15) is 0 Å². The van der Waals surface area contributed by atoms with Crippen LogP contribution in [0.15, 0.2) is 0 Å². The first kappa shape index (κ1) is 24.1. The Morgan fingerprint density at radius 3 is 1.32 bits per heavy atom. The van der Waals surface area contributed by atoms with Crippen LogP contribution in [0.2, 0.25) is 0 Å². The molecule has 2 rings (SSSR count). The highest BCUT2D eigenvalue weighted by Crippen LogP contribution is 2.38. The van der Waals surface area contributed by atoms with Crippen molar-refractivity contribution >= 4 is 0 Å². The maximum Gasteiger partial charge on any atom is 0.0837 e. The SMILES string of the molecule is CCCCCC(NN1C(C)(C)CCCC1(C)C)NN1C(C)(C)CCCC1(C)C. The predicted octanol–water partition coefficient (Wildman–Crippen LogP) is 5.99. The molecule has 0 amide bonds. The van der Waals surface area contributed by atoms with Crippen molar-refractivity contribution in [3.63, 3.8) is 0 Å². The maximum absolute atomic E-state index is 4.00. The molecule has 0 radical (unpaired) electrons. The Balaban J connectivity index is 2.21. The smallest absolute Gasteiger partial charge is 0.0837 e. The van der Waals surface area contributed by atoms with E-state index in [4.69, 9.17) is 0 Å². The van der Waals surface area contributed by atoms with E-state index in [0.717, 1.165) is 0 Å². The second kappa shape index (κ2) is 8.91. The highest BCUT2D eigenvalue weighted by atomic mass is 15.7. The molecule has 0 aromatic rings. The number of nitrogens with zero attached hydrogens (tertiary/aromatic N) is 2. The summed E-state index contributed by atoms with van der Waals surface area (Å²) in [7, 11) is 0. The van der Waals surface area contributed by atoms with E-state index in [1.54, 1.807) is 0 Å². The van der Waals surface area contributed by atoms with Gasteiger partial charge in [0.05, 0.1) is 6.17 Å². The Morgan fingerprint density at radius 1 is 0.643 bits per heavy atom. The van der Waals surface area contributed by atoms with E-state index >= 15 is 0 Å². The van der Waals surface area contributed by atoms with E-state index in [1.807, 2.05) is 0 Å². The summed E-state index contributed by atoms with van der Waals surface area (Å²) in [6.45, 7) is 21.5. The van der Waals surface area contributed by atoms with Gasteiger partial charge in [-0.3, -0.25) is 0 Å². The first-order valence-electron chi connectivity index (χ1n) is 11.9. The van der Waals surface area contributed by atoms with Gasteiger partial charge >= 0.3 is 0 Å². The average Bonchev–Trinajstić information content (AvgIpc) is 2.53. The van der Waals surface area contributed by atoms with Crippen LogP contribution in [0.1, 0.15) is 127 Å². The molecule has 0 aliphatic carbocycles. The van der Waals surface area contributed by atoms with Gasteiger partial charge in [0.1, 0.15) is 0 Å². The summed E-state index contributed by atoms with van der Waals surface area (Å²) < 4.78 is 0. The van der Waals surface area contributed by atoms with Gasteiger partial charge in [0.2, 0.25) is 0 Å². The van der Waals surface area contributed by atoms with Gasteiger partial charge in [0.25, 0.3) is 0 Å². The Bertz CT molecular complexity index is 423. The molecule has 2 heterocycles. The van der Waals surface area contributed by atoms with Crippen molar-refractivity contribution in [3.05, 3.63) is 0 Å². The van der Waals surface area contributed by atoms with Crippen LogP contribution < -0.4 is 10.9 Å². The van der Waals surface area contributed by atoms with Crippen LogP contribution in [0.5, 0.6) is 0 Å². The normalized spacial score (nSPS) is 27.2. The zero-order valence-electron chi connectivity index (χ0n) is 20.5. The van der Waals surface area contributed by atoms with Crippen LogP contribution in [-0.4, -0.2) is 38.3 Å². The topological polar surface area (TPSA) is 30.5 Å². The molecule has 2 N–H and O–H groups in total. The quantitative estimate of drug-likeness (QED) is 0.391. The monoisotopic (exact) mass is 394 g/mol. The van der Waals surface area contributed by atoms with Gasteiger partial charge in [0, 0.05) is 22.2 Å². The molecular formula is C24H50N4. The summed E-state index contributed by atoms with van der Waals surface area (Å²) in [5, 5.41) is 5.16. The molecular weight excluding hydrogens is 344 g/mol. The average molecular weight is 395 g/mol. The largest absolute Gasteiger partial charge is 0.236 e. The highest BCUT2D eigenvalue weighted by molar-refractivity contribution is 4.98. The van der Waals surface area contributed by atoms with Crippen molar-refractivity contribution in [3.8, 4) is 0 Å². The lowest BCUT2D eigenvalue weighted by atomic mass is 9.81. The Hall–Kier alpha value is -0.160. The van der Waals surface area contributed by atoms with Crippen molar-refractivity contribution < 1.29 is 0 Å². The molecule has 2 fully saturated rings. The minimum atomic E-state index is 0.180. The van der Waals surface area contributed by atoms with Gasteiger partial charge in [-0.05, 0) is 100 Å². The molecule has 4 nitrogen and oxygen atoms in total. The van der Waals surface area contributed by atoms with Crippen molar-refractivity contribution in [1.29, 1.82) is 0 Å². The van der Waals surface area contributed by atoms with Gasteiger partial charge in [0.15, 0.2) is 0 Å². The van der Waals surface area contributed by atoms with Gasteiger partial charge < -0.3 is 0 Å². The van der Waals surface area contributed by atoms with Crippen LogP contribution in [0.25, 0.3) is 0 Å². The molecule has 2 aliphatic rings. The third-order valence-electron chi connectivity index (χ3n) is 7.24. The van der Waals surface area contributed by atoms with E-state index in [1.165, 1.54) is 64.2 Å². The van der Waals surface area contributed by atoms with Gasteiger partial charge in [-0.15, -0.1) is 0 Å². The number of hydrazine groups is 2. The van der Waals surface area contributed by atoms with Crippen molar-refractivity contribution in [2.75, 3.05) is 0 Å². The number of hydrogen-bond acceptors (Lipinski definition) is 4. The van der Waals surface area contributed by atoms with Crippen molar-refractivity contribution in [2.45, 2.75) is 155 Å². The third-order valence-corrected chi connectivity index (χ3v) is 7.24. The summed E-state index contributed by atoms with van der Waals surface area (Å²) in [4.78, 5) is 0. The molecule has 28 heavy (non-hydrogen) atoms. The number of piperidine rings is 2. The number of unbranched alkanes of at least 4 members (excludes halogenated alkanes) is 2. The summed E-state index contributed by atoms with van der Waals surface area (Å²) >= 11 is 0. The fraction of sp³-hybridized carbons (Fsp3) is 1.00. The molecule has 2 aliphatic heterocycles. The minimum Gasteiger partial charge on any atom is -0.236 e. The van der Waals surface area contributed by atoms with E-state index in [2.05, 4.69) is 83.2 Å². The fourth-order valence-electron chi connectivity index (χ4n) is 5.76. The molecule has 0 atom stereocenters. The summed E-state index contributed by atoms with van der Waals surface area (Å²) in [5.74, 6) is 0. The molecule has 0 aromatic carbocycles. The molecule has 0 bridgehead atoms.